The maximum absolute atomic E-state index is 13.5. The van der Waals surface area contributed by atoms with Crippen molar-refractivity contribution in [3.05, 3.63) is 52.2 Å². The van der Waals surface area contributed by atoms with Crippen molar-refractivity contribution in [3.8, 4) is 0 Å². The van der Waals surface area contributed by atoms with Gasteiger partial charge in [0.2, 0.25) is 10.0 Å². The van der Waals surface area contributed by atoms with Crippen LogP contribution in [0.15, 0.2) is 40.6 Å². The highest BCUT2D eigenvalue weighted by atomic mass is 32.2. The Morgan fingerprint density at radius 1 is 1.19 bits per heavy atom. The predicted octanol–water partition coefficient (Wildman–Crippen LogP) is 2.61. The summed E-state index contributed by atoms with van der Waals surface area (Å²) >= 11 is 1.31. The first-order valence-electron chi connectivity index (χ1n) is 8.17. The predicted molar refractivity (Wildman–Crippen MR) is 92.3 cm³/mol. The number of amides is 1. The third-order valence-electron chi connectivity index (χ3n) is 4.94. The van der Waals surface area contributed by atoms with Crippen LogP contribution < -0.4 is 5.32 Å². The smallest absolute Gasteiger partial charge is 0.261 e. The number of nitrogens with zero attached hydrogens (tertiary/aromatic N) is 1. The van der Waals surface area contributed by atoms with Gasteiger partial charge in [-0.05, 0) is 42.3 Å². The fraction of sp³-hybridized carbons (Fsp3) is 0.353. The van der Waals surface area contributed by atoms with Gasteiger partial charge in [-0.3, -0.25) is 4.79 Å². The lowest BCUT2D eigenvalue weighted by Gasteiger charge is -2.32. The van der Waals surface area contributed by atoms with Crippen LogP contribution in [0, 0.1) is 17.6 Å². The lowest BCUT2D eigenvalue weighted by Crippen LogP contribution is -2.51. The number of nitrogens with one attached hydrogen (secondary N) is 1. The van der Waals surface area contributed by atoms with Gasteiger partial charge in [-0.15, -0.1) is 11.3 Å². The molecule has 3 atom stereocenters. The van der Waals surface area contributed by atoms with Gasteiger partial charge in [-0.1, -0.05) is 6.07 Å². The first-order valence-corrected chi connectivity index (χ1v) is 10.5. The molecule has 1 amide bonds. The lowest BCUT2D eigenvalue weighted by atomic mass is 10.1. The van der Waals surface area contributed by atoms with Gasteiger partial charge >= 0.3 is 0 Å². The topological polar surface area (TPSA) is 66.5 Å². The molecular formula is C17H16F2N2O3S2. The molecule has 1 saturated heterocycles. The largest absolute Gasteiger partial charge is 0.347 e. The Morgan fingerprint density at radius 3 is 2.54 bits per heavy atom. The molecule has 1 aromatic carbocycles. The van der Waals surface area contributed by atoms with E-state index < -0.39 is 32.6 Å². The molecule has 0 unspecified atom stereocenters. The van der Waals surface area contributed by atoms with Crippen LogP contribution in [0.1, 0.15) is 22.5 Å². The molecule has 2 bridgehead atoms. The zero-order valence-electron chi connectivity index (χ0n) is 13.6. The molecule has 1 aliphatic carbocycles. The number of thiophene rings is 1. The summed E-state index contributed by atoms with van der Waals surface area (Å²) in [5.41, 5.74) is 0. The van der Waals surface area contributed by atoms with Crippen molar-refractivity contribution in [2.45, 2.75) is 29.8 Å². The van der Waals surface area contributed by atoms with Crippen molar-refractivity contribution < 1.29 is 22.0 Å². The van der Waals surface area contributed by atoms with Crippen molar-refractivity contribution >= 4 is 27.3 Å². The highest BCUT2D eigenvalue weighted by Crippen LogP contribution is 2.41. The quantitative estimate of drug-likeness (QED) is 0.861. The molecule has 2 aliphatic rings. The van der Waals surface area contributed by atoms with E-state index in [0.29, 0.717) is 30.3 Å². The van der Waals surface area contributed by atoms with Crippen LogP contribution in [0.2, 0.25) is 0 Å². The van der Waals surface area contributed by atoms with Crippen LogP contribution in [-0.2, 0) is 10.0 Å². The number of rotatable bonds is 4. The highest BCUT2D eigenvalue weighted by molar-refractivity contribution is 7.89. The fourth-order valence-electron chi connectivity index (χ4n) is 3.87. The normalized spacial score (nSPS) is 25.5. The number of piperidine rings is 1. The van der Waals surface area contributed by atoms with E-state index in [1.165, 1.54) is 15.6 Å². The number of carbonyl (C=O) groups excluding carboxylic acids is 1. The second kappa shape index (κ2) is 6.40. The Hall–Kier alpha value is -1.84. The average Bonchev–Trinajstić information content (AvgIpc) is 3.30. The second-order valence-corrected chi connectivity index (χ2v) is 9.48. The van der Waals surface area contributed by atoms with Crippen molar-refractivity contribution in [2.75, 3.05) is 6.54 Å². The second-order valence-electron chi connectivity index (χ2n) is 6.64. The first-order chi connectivity index (χ1) is 12.3. The fourth-order valence-corrected chi connectivity index (χ4v) is 6.28. The lowest BCUT2D eigenvalue weighted by molar-refractivity contribution is 0.0921. The van der Waals surface area contributed by atoms with Gasteiger partial charge < -0.3 is 5.32 Å². The monoisotopic (exact) mass is 398 g/mol. The summed E-state index contributed by atoms with van der Waals surface area (Å²) in [6, 6.07) is 5.05. The minimum Gasteiger partial charge on any atom is -0.347 e. The van der Waals surface area contributed by atoms with E-state index >= 15 is 0 Å². The molecule has 1 N–H and O–H groups in total. The molecule has 138 valence electrons. The summed E-state index contributed by atoms with van der Waals surface area (Å²) in [5.74, 6) is -1.97. The van der Waals surface area contributed by atoms with Crippen molar-refractivity contribution in [2.24, 2.45) is 5.92 Å². The SMILES string of the molecule is O=C(N[C@H]1C[C@@H]2C[C@H]1N(S(=O)(=O)c1cc(F)cc(F)c1)C2)c1cccs1. The number of benzene rings is 1. The van der Waals surface area contributed by atoms with E-state index in [1.807, 2.05) is 0 Å². The maximum Gasteiger partial charge on any atom is 0.261 e. The van der Waals surface area contributed by atoms with Gasteiger partial charge in [-0.25, -0.2) is 17.2 Å². The van der Waals surface area contributed by atoms with E-state index in [4.69, 9.17) is 0 Å². The Balaban J connectivity index is 1.57. The minimum atomic E-state index is -4.03. The molecule has 1 saturated carbocycles. The number of fused-ring (bicyclic) bond motifs is 2. The molecule has 4 rings (SSSR count). The van der Waals surface area contributed by atoms with Crippen LogP contribution in [0.25, 0.3) is 0 Å². The minimum absolute atomic E-state index is 0.127. The van der Waals surface area contributed by atoms with Crippen LogP contribution >= 0.6 is 11.3 Å². The Bertz CT molecular complexity index is 927. The summed E-state index contributed by atoms with van der Waals surface area (Å²) in [4.78, 5) is 12.5. The number of hydrogen-bond acceptors (Lipinski definition) is 4. The zero-order valence-corrected chi connectivity index (χ0v) is 15.2. The van der Waals surface area contributed by atoms with Crippen LogP contribution in [0.4, 0.5) is 8.78 Å². The van der Waals surface area contributed by atoms with Gasteiger partial charge in [0.1, 0.15) is 11.6 Å². The molecule has 1 aromatic heterocycles. The third-order valence-corrected chi connectivity index (χ3v) is 7.68. The van der Waals surface area contributed by atoms with Crippen molar-refractivity contribution in [1.82, 2.24) is 9.62 Å². The molecule has 9 heteroatoms. The molecule has 2 fully saturated rings. The molecule has 1 aliphatic heterocycles. The van der Waals surface area contributed by atoms with Crippen LogP contribution in [-0.4, -0.2) is 37.3 Å². The summed E-state index contributed by atoms with van der Waals surface area (Å²) in [5, 5.41) is 4.70. The van der Waals surface area contributed by atoms with Gasteiger partial charge in [0.15, 0.2) is 0 Å². The molecule has 26 heavy (non-hydrogen) atoms. The summed E-state index contributed by atoms with van der Waals surface area (Å²) in [6.07, 6.45) is 1.33. The Labute approximate surface area is 153 Å². The molecule has 2 heterocycles. The molecule has 0 radical (unpaired) electrons. The van der Waals surface area contributed by atoms with Crippen molar-refractivity contribution in [1.29, 1.82) is 0 Å². The average molecular weight is 398 g/mol. The Kier molecular flexibility index (Phi) is 4.32. The molecule has 5 nitrogen and oxygen atoms in total. The number of hydrogen-bond donors (Lipinski definition) is 1. The third kappa shape index (κ3) is 3.04. The van der Waals surface area contributed by atoms with Gasteiger partial charge in [-0.2, -0.15) is 4.31 Å². The van der Waals surface area contributed by atoms with Gasteiger partial charge in [0.25, 0.3) is 5.91 Å². The first kappa shape index (κ1) is 17.6. The van der Waals surface area contributed by atoms with E-state index in [0.717, 1.165) is 12.1 Å². The molecule has 2 aromatic rings. The van der Waals surface area contributed by atoms with E-state index in [2.05, 4.69) is 5.32 Å². The van der Waals surface area contributed by atoms with E-state index in [1.54, 1.807) is 17.5 Å². The van der Waals surface area contributed by atoms with E-state index in [9.17, 15) is 22.0 Å². The maximum atomic E-state index is 13.5. The number of halogens is 2. The Morgan fingerprint density at radius 2 is 1.92 bits per heavy atom. The van der Waals surface area contributed by atoms with Gasteiger partial charge in [0.05, 0.1) is 9.77 Å². The summed E-state index contributed by atoms with van der Waals surface area (Å²) < 4.78 is 53.9. The van der Waals surface area contributed by atoms with E-state index in [-0.39, 0.29) is 17.9 Å². The van der Waals surface area contributed by atoms with Crippen molar-refractivity contribution in [3.63, 3.8) is 0 Å². The van der Waals surface area contributed by atoms with Gasteiger partial charge in [0, 0.05) is 24.7 Å². The molecule has 0 spiro atoms. The van der Waals surface area contributed by atoms with Crippen LogP contribution in [0.3, 0.4) is 0 Å². The summed E-state index contributed by atoms with van der Waals surface area (Å²) in [6.45, 7) is 0.302. The standard InChI is InChI=1S/C17H16F2N2O3S2/c18-11-6-12(19)8-13(7-11)26(23,24)21-9-10-4-14(15(21)5-10)20-17(22)16-2-1-3-25-16/h1-3,6-8,10,14-15H,4-5,9H2,(H,20,22)/t10-,14+,15-/m1/s1. The highest BCUT2D eigenvalue weighted by Gasteiger charge is 2.50. The molecular weight excluding hydrogens is 382 g/mol. The number of sulfonamides is 1. The van der Waals surface area contributed by atoms with Crippen LogP contribution in [0.5, 0.6) is 0 Å². The number of carbonyl (C=O) groups is 1. The zero-order chi connectivity index (χ0) is 18.5. The summed E-state index contributed by atoms with van der Waals surface area (Å²) in [7, 11) is -4.03.